The van der Waals surface area contributed by atoms with E-state index in [-0.39, 0.29) is 5.78 Å². The van der Waals surface area contributed by atoms with E-state index >= 15 is 0 Å². The zero-order valence-corrected chi connectivity index (χ0v) is 21.0. The Balaban J connectivity index is 1.82. The van der Waals surface area contributed by atoms with Gasteiger partial charge in [0, 0.05) is 31.3 Å². The van der Waals surface area contributed by atoms with Crippen LogP contribution in [0.2, 0.25) is 0 Å². The topological polar surface area (TPSA) is 63.4 Å². The zero-order valence-electron chi connectivity index (χ0n) is 21.0. The molecule has 4 rings (SSSR count). The van der Waals surface area contributed by atoms with Gasteiger partial charge in [0.25, 0.3) is 0 Å². The van der Waals surface area contributed by atoms with Gasteiger partial charge in [0.1, 0.15) is 5.69 Å². The molecule has 0 bridgehead atoms. The molecule has 0 saturated carbocycles. The van der Waals surface area contributed by atoms with E-state index in [1.807, 2.05) is 13.0 Å². The number of carbonyl (C=O) groups excluding carboxylic acids is 1. The molecule has 2 aromatic carbocycles. The predicted octanol–water partition coefficient (Wildman–Crippen LogP) is 5.09. The predicted molar refractivity (Wildman–Crippen MR) is 138 cm³/mol. The van der Waals surface area contributed by atoms with Crippen LogP contribution in [-0.4, -0.2) is 38.7 Å². The fourth-order valence-corrected chi connectivity index (χ4v) is 4.27. The molecule has 6 nitrogen and oxygen atoms in total. The third-order valence-electron chi connectivity index (χ3n) is 6.33. The number of nitrogens with zero attached hydrogens (tertiary/aromatic N) is 5. The van der Waals surface area contributed by atoms with Crippen LogP contribution in [0.15, 0.2) is 36.4 Å². The average molecular weight is 456 g/mol. The maximum atomic E-state index is 12.4. The second-order valence-electron chi connectivity index (χ2n) is 9.00. The minimum atomic E-state index is -0.0992. The lowest BCUT2D eigenvalue weighted by Crippen LogP contribution is -2.23. The lowest BCUT2D eigenvalue weighted by atomic mass is 10.0. The highest BCUT2D eigenvalue weighted by Gasteiger charge is 2.18. The number of aromatic nitrogens is 4. The fraction of sp³-hybridized carbons (Fsp3) is 0.357. The molecule has 0 aliphatic rings. The molecule has 0 unspecified atom stereocenters. The van der Waals surface area contributed by atoms with E-state index < -0.39 is 0 Å². The maximum absolute atomic E-state index is 12.4. The first-order valence-corrected chi connectivity index (χ1v) is 12.0. The lowest BCUT2D eigenvalue weighted by Gasteiger charge is -2.23. The first-order valence-electron chi connectivity index (χ1n) is 12.0. The fourth-order valence-electron chi connectivity index (χ4n) is 4.27. The molecule has 0 radical (unpaired) electrons. The number of Topliss-reactive ketones (excluding diaryl/α,β-unsaturated/α-hetero) is 1. The van der Waals surface area contributed by atoms with Crippen molar-refractivity contribution in [2.75, 3.05) is 18.0 Å². The van der Waals surface area contributed by atoms with Crippen molar-refractivity contribution in [1.29, 1.82) is 0 Å². The Morgan fingerprint density at radius 2 is 1.82 bits per heavy atom. The monoisotopic (exact) mass is 455 g/mol. The summed E-state index contributed by atoms with van der Waals surface area (Å²) in [5.74, 6) is 0.521. The summed E-state index contributed by atoms with van der Waals surface area (Å²) in [6.07, 6.45) is 4.37. The number of carbonyl (C=O) groups is 1. The number of unbranched alkanes of at least 4 members (excludes halogenated alkanes) is 1. The number of hydrogen-bond acceptors (Lipinski definition) is 5. The summed E-state index contributed by atoms with van der Waals surface area (Å²) >= 11 is 0. The first-order chi connectivity index (χ1) is 16.3. The molecular weight excluding hydrogens is 422 g/mol. The molecular formula is C28H33N5O. The van der Waals surface area contributed by atoms with Gasteiger partial charge in [-0.15, -0.1) is 14.8 Å². The van der Waals surface area contributed by atoms with Crippen LogP contribution in [0.5, 0.6) is 0 Å². The van der Waals surface area contributed by atoms with Crippen molar-refractivity contribution in [3.05, 3.63) is 69.6 Å². The molecule has 0 atom stereocenters. The number of ketones is 1. The summed E-state index contributed by atoms with van der Waals surface area (Å²) in [5, 5.41) is 9.80. The number of rotatable bonds is 8. The third-order valence-corrected chi connectivity index (χ3v) is 6.33. The van der Waals surface area contributed by atoms with Gasteiger partial charge < -0.3 is 4.90 Å². The van der Waals surface area contributed by atoms with Gasteiger partial charge in [0.05, 0.1) is 5.22 Å². The molecule has 0 saturated heterocycles. The van der Waals surface area contributed by atoms with Crippen molar-refractivity contribution >= 4 is 23.2 Å². The Kier molecular flexibility index (Phi) is 6.77. The molecule has 176 valence electrons. The summed E-state index contributed by atoms with van der Waals surface area (Å²) in [6.45, 7) is 14.2. The van der Waals surface area contributed by atoms with Crippen LogP contribution >= 0.6 is 0 Å². The van der Waals surface area contributed by atoms with Crippen LogP contribution in [0.25, 0.3) is 23.1 Å². The van der Waals surface area contributed by atoms with Crippen LogP contribution in [0.3, 0.4) is 0 Å². The van der Waals surface area contributed by atoms with Gasteiger partial charge in [-0.3, -0.25) is 4.79 Å². The van der Waals surface area contributed by atoms with Gasteiger partial charge >= 0.3 is 0 Å². The minimum absolute atomic E-state index is 0.0992. The normalized spacial score (nSPS) is 12.0. The van der Waals surface area contributed by atoms with Crippen LogP contribution in [0.4, 0.5) is 5.69 Å². The van der Waals surface area contributed by atoms with Crippen LogP contribution in [-0.2, 0) is 0 Å². The molecule has 34 heavy (non-hydrogen) atoms. The quantitative estimate of drug-likeness (QED) is 0.346. The van der Waals surface area contributed by atoms with Crippen molar-refractivity contribution in [2.24, 2.45) is 0 Å². The zero-order chi connectivity index (χ0) is 24.4. The number of fused-ring (bicyclic) bond motifs is 1. The second-order valence-corrected chi connectivity index (χ2v) is 9.00. The first kappa shape index (κ1) is 23.6. The Hall–Kier alpha value is -3.54. The Labute approximate surface area is 201 Å². The van der Waals surface area contributed by atoms with Gasteiger partial charge in [0.15, 0.2) is 17.3 Å². The van der Waals surface area contributed by atoms with E-state index in [0.717, 1.165) is 40.9 Å². The van der Waals surface area contributed by atoms with Gasteiger partial charge in [0.2, 0.25) is 0 Å². The molecule has 4 aromatic rings. The number of aryl methyl sites for hydroxylation is 3. The number of benzene rings is 2. The third kappa shape index (κ3) is 4.58. The smallest absolute Gasteiger partial charge is 0.186 e. The largest absolute Gasteiger partial charge is 0.372 e. The summed E-state index contributed by atoms with van der Waals surface area (Å²) in [4.78, 5) is 19.6. The molecule has 0 fully saturated rings. The van der Waals surface area contributed by atoms with Gasteiger partial charge in [-0.05, 0) is 75.1 Å². The minimum Gasteiger partial charge on any atom is -0.372 e. The van der Waals surface area contributed by atoms with Crippen molar-refractivity contribution in [3.63, 3.8) is 0 Å². The van der Waals surface area contributed by atoms with E-state index in [4.69, 9.17) is 4.98 Å². The molecule has 0 aliphatic heterocycles. The van der Waals surface area contributed by atoms with E-state index in [9.17, 15) is 4.79 Å². The van der Waals surface area contributed by atoms with Crippen molar-refractivity contribution in [1.82, 2.24) is 19.8 Å². The highest BCUT2D eigenvalue weighted by atomic mass is 16.1. The highest BCUT2D eigenvalue weighted by molar-refractivity contribution is 5.94. The van der Waals surface area contributed by atoms with Gasteiger partial charge in [-0.25, -0.2) is 4.98 Å². The Bertz CT molecular complexity index is 1400. The van der Waals surface area contributed by atoms with Crippen molar-refractivity contribution in [3.8, 4) is 11.4 Å². The molecule has 0 aliphatic carbocycles. The van der Waals surface area contributed by atoms with Crippen molar-refractivity contribution in [2.45, 2.75) is 54.4 Å². The van der Waals surface area contributed by atoms with E-state index in [2.05, 4.69) is 79.2 Å². The second kappa shape index (κ2) is 9.75. The van der Waals surface area contributed by atoms with Crippen molar-refractivity contribution < 1.29 is 4.79 Å². The molecule has 2 heterocycles. The standard InChI is InChI=1S/C28H33N5O/c1-7-9-14-32(8-2)23-13-12-22(20(5)16-23)17-25-26(21(6)34)30-33-28(25)29-27(31-33)24-15-18(3)10-11-19(24)4/h10-13,15-17H,7-9,14H2,1-6H3/b25-17-. The molecule has 0 amide bonds. The molecule has 6 heteroatoms. The summed E-state index contributed by atoms with van der Waals surface area (Å²) < 4.78 is 1.49. The molecule has 0 N–H and O–H groups in total. The summed E-state index contributed by atoms with van der Waals surface area (Å²) in [7, 11) is 0. The molecule has 0 spiro atoms. The Morgan fingerprint density at radius 3 is 2.50 bits per heavy atom. The molecule has 2 aromatic heterocycles. The SMILES string of the molecule is CCCCN(CC)c1ccc(/C=c2/c(C(C)=O)nn3nc(-c4cc(C)ccc4C)nc23)c(C)c1. The Morgan fingerprint density at radius 1 is 1.03 bits per heavy atom. The lowest BCUT2D eigenvalue weighted by molar-refractivity contribution is 0.101. The number of anilines is 1. The summed E-state index contributed by atoms with van der Waals surface area (Å²) in [5.41, 5.74) is 7.64. The highest BCUT2D eigenvalue weighted by Crippen LogP contribution is 2.23. The van der Waals surface area contributed by atoms with Gasteiger partial charge in [-0.2, -0.15) is 0 Å². The van der Waals surface area contributed by atoms with Crippen LogP contribution in [0.1, 0.15) is 66.4 Å². The summed E-state index contributed by atoms with van der Waals surface area (Å²) in [6, 6.07) is 12.7. The van der Waals surface area contributed by atoms with Crippen LogP contribution in [0, 0.1) is 20.8 Å². The van der Waals surface area contributed by atoms with Crippen LogP contribution < -0.4 is 10.1 Å². The average Bonchev–Trinajstić information content (AvgIpc) is 3.36. The van der Waals surface area contributed by atoms with E-state index in [1.54, 1.807) is 0 Å². The van der Waals surface area contributed by atoms with Gasteiger partial charge in [-0.1, -0.05) is 37.1 Å². The van der Waals surface area contributed by atoms with E-state index in [0.29, 0.717) is 22.4 Å². The maximum Gasteiger partial charge on any atom is 0.186 e. The number of hydrogen-bond donors (Lipinski definition) is 0. The van der Waals surface area contributed by atoms with E-state index in [1.165, 1.54) is 30.1 Å².